The van der Waals surface area contributed by atoms with Crippen LogP contribution in [0.5, 0.6) is 11.5 Å². The first kappa shape index (κ1) is 25.1. The zero-order chi connectivity index (χ0) is 24.4. The van der Waals surface area contributed by atoms with Crippen LogP contribution >= 0.6 is 0 Å². The molecule has 1 amide bonds. The Bertz CT molecular complexity index is 1150. The Kier molecular flexibility index (Phi) is 8.93. The summed E-state index contributed by atoms with van der Waals surface area (Å²) in [6.45, 7) is 4.59. The minimum absolute atomic E-state index is 0.0754. The molecule has 0 fully saturated rings. The molecular formula is C26H30N2O5S. The molecule has 0 saturated carbocycles. The lowest BCUT2D eigenvalue weighted by Gasteiger charge is -2.24. The zero-order valence-corrected chi connectivity index (χ0v) is 20.3. The molecule has 0 radical (unpaired) electrons. The van der Waals surface area contributed by atoms with E-state index >= 15 is 0 Å². The van der Waals surface area contributed by atoms with Gasteiger partial charge in [-0.15, -0.1) is 0 Å². The van der Waals surface area contributed by atoms with Crippen molar-refractivity contribution in [2.24, 2.45) is 0 Å². The average Bonchev–Trinajstić information content (AvgIpc) is 2.86. The molecule has 34 heavy (non-hydrogen) atoms. The summed E-state index contributed by atoms with van der Waals surface area (Å²) in [5, 5.41) is 2.74. The Morgan fingerprint density at radius 1 is 0.853 bits per heavy atom. The second kappa shape index (κ2) is 12.1. The number of aryl methyl sites for hydroxylation is 1. The van der Waals surface area contributed by atoms with Crippen LogP contribution in [0.15, 0.2) is 83.8 Å². The molecule has 1 N–H and O–H groups in total. The molecule has 0 aliphatic carbocycles. The number of rotatable bonds is 12. The van der Waals surface area contributed by atoms with Crippen molar-refractivity contribution in [1.29, 1.82) is 0 Å². The van der Waals surface area contributed by atoms with Gasteiger partial charge in [0.15, 0.2) is 0 Å². The van der Waals surface area contributed by atoms with Crippen LogP contribution in [0.3, 0.4) is 0 Å². The molecule has 7 nitrogen and oxygen atoms in total. The molecule has 0 bridgehead atoms. The molecule has 0 heterocycles. The normalized spacial score (nSPS) is 11.0. The van der Waals surface area contributed by atoms with E-state index in [0.29, 0.717) is 18.0 Å². The number of hydrogen-bond donors (Lipinski definition) is 1. The second-order valence-electron chi connectivity index (χ2n) is 7.45. The summed E-state index contributed by atoms with van der Waals surface area (Å²) in [6, 6.07) is 22.5. The number of carbonyl (C=O) groups excluding carboxylic acids is 1. The summed E-state index contributed by atoms with van der Waals surface area (Å²) in [6.07, 6.45) is 0.952. The van der Waals surface area contributed by atoms with E-state index in [1.165, 1.54) is 17.7 Å². The number of nitrogens with zero attached hydrogens (tertiary/aromatic N) is 1. The SMILES string of the molecule is CCOc1ccc(S(=O)(=O)N(CC(=O)NCCOc2ccc(CC)cc2)c2ccccc2)cc1. The molecule has 0 atom stereocenters. The van der Waals surface area contributed by atoms with Crippen LogP contribution in [0.1, 0.15) is 19.4 Å². The largest absolute Gasteiger partial charge is 0.494 e. The summed E-state index contributed by atoms with van der Waals surface area (Å²) < 4.78 is 38.9. The first-order valence-corrected chi connectivity index (χ1v) is 12.7. The summed E-state index contributed by atoms with van der Waals surface area (Å²) in [4.78, 5) is 12.7. The number of benzene rings is 3. The van der Waals surface area contributed by atoms with E-state index in [9.17, 15) is 13.2 Å². The molecule has 8 heteroatoms. The van der Waals surface area contributed by atoms with Crippen LogP contribution in [0.2, 0.25) is 0 Å². The van der Waals surface area contributed by atoms with Crippen LogP contribution in [0, 0.1) is 0 Å². The van der Waals surface area contributed by atoms with Gasteiger partial charge in [-0.05, 0) is 67.4 Å². The molecule has 3 rings (SSSR count). The number of anilines is 1. The van der Waals surface area contributed by atoms with Crippen LogP contribution in [0.4, 0.5) is 5.69 Å². The highest BCUT2D eigenvalue weighted by molar-refractivity contribution is 7.92. The third kappa shape index (κ3) is 6.74. The quantitative estimate of drug-likeness (QED) is 0.394. The van der Waals surface area contributed by atoms with Gasteiger partial charge in [0.05, 0.1) is 23.7 Å². The Labute approximate surface area is 201 Å². The monoisotopic (exact) mass is 482 g/mol. The maximum absolute atomic E-state index is 13.4. The molecule has 180 valence electrons. The lowest BCUT2D eigenvalue weighted by molar-refractivity contribution is -0.119. The van der Waals surface area contributed by atoms with Crippen molar-refractivity contribution >= 4 is 21.6 Å². The molecule has 0 saturated heterocycles. The van der Waals surface area contributed by atoms with Gasteiger partial charge in [-0.25, -0.2) is 8.42 Å². The fraction of sp³-hybridized carbons (Fsp3) is 0.269. The van der Waals surface area contributed by atoms with E-state index in [2.05, 4.69) is 12.2 Å². The van der Waals surface area contributed by atoms with Crippen molar-refractivity contribution in [2.45, 2.75) is 25.2 Å². The lowest BCUT2D eigenvalue weighted by Crippen LogP contribution is -2.41. The molecule has 0 aliphatic heterocycles. The number of hydrogen-bond acceptors (Lipinski definition) is 5. The Balaban J connectivity index is 1.65. The number of sulfonamides is 1. The summed E-state index contributed by atoms with van der Waals surface area (Å²) >= 11 is 0. The summed E-state index contributed by atoms with van der Waals surface area (Å²) in [5.74, 6) is 0.869. The minimum Gasteiger partial charge on any atom is -0.494 e. The van der Waals surface area contributed by atoms with Crippen LogP contribution < -0.4 is 19.1 Å². The van der Waals surface area contributed by atoms with Gasteiger partial charge in [0.1, 0.15) is 24.7 Å². The molecule has 3 aromatic carbocycles. The summed E-state index contributed by atoms with van der Waals surface area (Å²) in [5.41, 5.74) is 1.62. The molecule has 0 spiro atoms. The van der Waals surface area contributed by atoms with Gasteiger partial charge in [-0.3, -0.25) is 9.10 Å². The predicted octanol–water partition coefficient (Wildman–Crippen LogP) is 4.04. The Morgan fingerprint density at radius 3 is 2.09 bits per heavy atom. The molecule has 3 aromatic rings. The first-order chi connectivity index (χ1) is 16.4. The lowest BCUT2D eigenvalue weighted by atomic mass is 10.2. The molecule has 0 aromatic heterocycles. The smallest absolute Gasteiger partial charge is 0.264 e. The van der Waals surface area contributed by atoms with Gasteiger partial charge < -0.3 is 14.8 Å². The van der Waals surface area contributed by atoms with Crippen molar-refractivity contribution in [3.8, 4) is 11.5 Å². The Hall–Kier alpha value is -3.52. The topological polar surface area (TPSA) is 84.9 Å². The maximum atomic E-state index is 13.4. The minimum atomic E-state index is -3.98. The highest BCUT2D eigenvalue weighted by Gasteiger charge is 2.27. The number of nitrogens with one attached hydrogen (secondary N) is 1. The van der Waals surface area contributed by atoms with E-state index in [0.717, 1.165) is 16.5 Å². The molecule has 0 unspecified atom stereocenters. The van der Waals surface area contributed by atoms with Crippen molar-refractivity contribution in [2.75, 3.05) is 30.6 Å². The average molecular weight is 483 g/mol. The fourth-order valence-corrected chi connectivity index (χ4v) is 4.70. The van der Waals surface area contributed by atoms with Crippen LogP contribution in [-0.2, 0) is 21.2 Å². The highest BCUT2D eigenvalue weighted by atomic mass is 32.2. The zero-order valence-electron chi connectivity index (χ0n) is 19.4. The fourth-order valence-electron chi connectivity index (χ4n) is 3.28. The standard InChI is InChI=1S/C26H30N2O5S/c1-3-21-10-12-24(13-11-21)33-19-18-27-26(29)20-28(22-8-6-5-7-9-22)34(30,31)25-16-14-23(15-17-25)32-4-2/h5-17H,3-4,18-20H2,1-2H3,(H,27,29). The van der Waals surface area contributed by atoms with Gasteiger partial charge in [-0.1, -0.05) is 37.3 Å². The molecule has 0 aliphatic rings. The van der Waals surface area contributed by atoms with Gasteiger partial charge in [0.25, 0.3) is 10.0 Å². The van der Waals surface area contributed by atoms with Crippen LogP contribution in [-0.4, -0.2) is 40.6 Å². The second-order valence-corrected chi connectivity index (χ2v) is 9.31. The maximum Gasteiger partial charge on any atom is 0.264 e. The number of para-hydroxylation sites is 1. The number of ether oxygens (including phenoxy) is 2. The van der Waals surface area contributed by atoms with E-state index in [4.69, 9.17) is 9.47 Å². The highest BCUT2D eigenvalue weighted by Crippen LogP contribution is 2.25. The predicted molar refractivity (Wildman–Crippen MR) is 133 cm³/mol. The van der Waals surface area contributed by atoms with Crippen molar-refractivity contribution in [1.82, 2.24) is 5.32 Å². The van der Waals surface area contributed by atoms with Gasteiger partial charge in [-0.2, -0.15) is 0 Å². The number of carbonyl (C=O) groups is 1. The van der Waals surface area contributed by atoms with Crippen molar-refractivity contribution < 1.29 is 22.7 Å². The Morgan fingerprint density at radius 2 is 1.47 bits per heavy atom. The third-order valence-corrected chi connectivity index (χ3v) is 6.87. The van der Waals surface area contributed by atoms with E-state index < -0.39 is 15.9 Å². The van der Waals surface area contributed by atoms with Crippen LogP contribution in [0.25, 0.3) is 0 Å². The van der Waals surface area contributed by atoms with E-state index in [1.54, 1.807) is 42.5 Å². The van der Waals surface area contributed by atoms with Gasteiger partial charge in [0, 0.05) is 0 Å². The summed E-state index contributed by atoms with van der Waals surface area (Å²) in [7, 11) is -3.98. The van der Waals surface area contributed by atoms with Gasteiger partial charge in [0.2, 0.25) is 5.91 Å². The first-order valence-electron chi connectivity index (χ1n) is 11.2. The van der Waals surface area contributed by atoms with E-state index in [1.807, 2.05) is 31.2 Å². The van der Waals surface area contributed by atoms with Crippen molar-refractivity contribution in [3.05, 3.63) is 84.4 Å². The number of amides is 1. The molecular weight excluding hydrogens is 452 g/mol. The van der Waals surface area contributed by atoms with Gasteiger partial charge >= 0.3 is 0 Å². The van der Waals surface area contributed by atoms with E-state index in [-0.39, 0.29) is 24.6 Å². The van der Waals surface area contributed by atoms with Crippen molar-refractivity contribution in [3.63, 3.8) is 0 Å². The third-order valence-electron chi connectivity index (χ3n) is 5.08.